The number of ether oxygens (including phenoxy) is 1. The fourth-order valence-corrected chi connectivity index (χ4v) is 2.75. The Morgan fingerprint density at radius 1 is 1.19 bits per heavy atom. The van der Waals surface area contributed by atoms with Crippen molar-refractivity contribution in [3.05, 3.63) is 35.4 Å². The highest BCUT2D eigenvalue weighted by Gasteiger charge is 2.38. The van der Waals surface area contributed by atoms with E-state index >= 15 is 0 Å². The van der Waals surface area contributed by atoms with Gasteiger partial charge in [0.15, 0.2) is 0 Å². The summed E-state index contributed by atoms with van der Waals surface area (Å²) in [5.74, 6) is 0. The molecule has 0 bridgehead atoms. The highest BCUT2D eigenvalue weighted by molar-refractivity contribution is 5.72. The van der Waals surface area contributed by atoms with E-state index in [4.69, 9.17) is 10.5 Å². The van der Waals surface area contributed by atoms with Crippen molar-refractivity contribution in [2.24, 2.45) is 10.7 Å². The molecule has 0 radical (unpaired) electrons. The molecule has 1 aromatic carbocycles. The van der Waals surface area contributed by atoms with Crippen LogP contribution in [-0.4, -0.2) is 18.2 Å². The Labute approximate surface area is 95.3 Å². The molecule has 1 atom stereocenters. The lowest BCUT2D eigenvalue weighted by Gasteiger charge is -2.39. The molecule has 0 amide bonds. The van der Waals surface area contributed by atoms with Gasteiger partial charge < -0.3 is 10.5 Å². The van der Waals surface area contributed by atoms with Crippen LogP contribution in [-0.2, 0) is 17.6 Å². The lowest BCUT2D eigenvalue weighted by atomic mass is 9.78. The topological polar surface area (TPSA) is 47.6 Å². The van der Waals surface area contributed by atoms with Crippen LogP contribution in [0.4, 0.5) is 0 Å². The Morgan fingerprint density at radius 2 is 2.00 bits per heavy atom. The van der Waals surface area contributed by atoms with Gasteiger partial charge in [0.05, 0.1) is 0 Å². The molecule has 1 spiro atoms. The van der Waals surface area contributed by atoms with Crippen molar-refractivity contribution in [1.29, 1.82) is 0 Å². The van der Waals surface area contributed by atoms with Crippen molar-refractivity contribution in [3.63, 3.8) is 0 Å². The Bertz CT molecular complexity index is 441. The van der Waals surface area contributed by atoms with Gasteiger partial charge in [0.2, 0.25) is 0 Å². The molecule has 1 unspecified atom stereocenters. The number of hydrogen-bond acceptors (Lipinski definition) is 3. The molecule has 3 nitrogen and oxygen atoms in total. The molecular weight excluding hydrogens is 200 g/mol. The number of aryl methyl sites for hydroxylation is 1. The van der Waals surface area contributed by atoms with Crippen molar-refractivity contribution in [3.8, 4) is 0 Å². The average Bonchev–Trinajstić information content (AvgIpc) is 2.28. The zero-order valence-corrected chi connectivity index (χ0v) is 9.28. The monoisotopic (exact) mass is 216 g/mol. The first-order valence-electron chi connectivity index (χ1n) is 5.83. The van der Waals surface area contributed by atoms with Gasteiger partial charge in [-0.1, -0.05) is 24.3 Å². The smallest absolute Gasteiger partial charge is 0.282 e. The summed E-state index contributed by atoms with van der Waals surface area (Å²) < 4.78 is 5.80. The van der Waals surface area contributed by atoms with E-state index in [2.05, 4.69) is 29.3 Å². The van der Waals surface area contributed by atoms with Crippen LogP contribution in [0.25, 0.3) is 0 Å². The fourth-order valence-electron chi connectivity index (χ4n) is 2.75. The predicted octanol–water partition coefficient (Wildman–Crippen LogP) is 1.65. The van der Waals surface area contributed by atoms with E-state index in [0.717, 1.165) is 32.2 Å². The summed E-state index contributed by atoms with van der Waals surface area (Å²) in [6.45, 7) is 0.800. The molecule has 16 heavy (non-hydrogen) atoms. The number of hydrogen-bond donors (Lipinski definition) is 1. The first-order valence-corrected chi connectivity index (χ1v) is 5.83. The SMILES string of the molecule is NC1=NCCC2(CCc3ccccc3C2)O1. The molecule has 3 heteroatoms. The van der Waals surface area contributed by atoms with Gasteiger partial charge in [0.25, 0.3) is 6.02 Å². The van der Waals surface area contributed by atoms with Gasteiger partial charge >= 0.3 is 0 Å². The van der Waals surface area contributed by atoms with Gasteiger partial charge in [-0.15, -0.1) is 0 Å². The first kappa shape index (κ1) is 9.70. The lowest BCUT2D eigenvalue weighted by molar-refractivity contribution is 0.0226. The standard InChI is InChI=1S/C13H16N2O/c14-12-15-8-7-13(16-12)6-5-10-3-1-2-4-11(10)9-13/h1-4H,5-9H2,(H2,14,15). The van der Waals surface area contributed by atoms with Crippen LogP contribution in [0.1, 0.15) is 24.0 Å². The van der Waals surface area contributed by atoms with E-state index in [1.54, 1.807) is 0 Å². The van der Waals surface area contributed by atoms with Gasteiger partial charge in [0, 0.05) is 19.4 Å². The molecule has 2 N–H and O–H groups in total. The largest absolute Gasteiger partial charge is 0.458 e. The zero-order valence-electron chi connectivity index (χ0n) is 9.28. The molecule has 1 aromatic rings. The van der Waals surface area contributed by atoms with Crippen LogP contribution in [0.2, 0.25) is 0 Å². The highest BCUT2D eigenvalue weighted by atomic mass is 16.5. The van der Waals surface area contributed by atoms with Gasteiger partial charge in [-0.3, -0.25) is 0 Å². The molecule has 2 aliphatic rings. The number of fused-ring (bicyclic) bond motifs is 1. The Kier molecular flexibility index (Phi) is 2.13. The maximum absolute atomic E-state index is 5.80. The Hall–Kier alpha value is -1.51. The third-order valence-corrected chi connectivity index (χ3v) is 3.64. The van der Waals surface area contributed by atoms with Crippen LogP contribution in [0, 0.1) is 0 Å². The third-order valence-electron chi connectivity index (χ3n) is 3.64. The number of amidine groups is 1. The lowest BCUT2D eigenvalue weighted by Crippen LogP contribution is -2.45. The van der Waals surface area contributed by atoms with Crippen molar-refractivity contribution >= 4 is 6.02 Å². The van der Waals surface area contributed by atoms with E-state index in [1.807, 2.05) is 0 Å². The molecule has 0 fully saturated rings. The minimum absolute atomic E-state index is 0.0831. The summed E-state index contributed by atoms with van der Waals surface area (Å²) in [4.78, 5) is 4.11. The number of aliphatic imine (C=N–C) groups is 1. The molecule has 0 saturated carbocycles. The van der Waals surface area contributed by atoms with Gasteiger partial charge in [-0.05, 0) is 24.0 Å². The molecule has 1 heterocycles. The fraction of sp³-hybridized carbons (Fsp3) is 0.462. The number of benzene rings is 1. The zero-order chi connectivity index (χ0) is 11.0. The van der Waals surface area contributed by atoms with Crippen LogP contribution < -0.4 is 5.73 Å². The van der Waals surface area contributed by atoms with Gasteiger partial charge in [-0.25, -0.2) is 4.99 Å². The van der Waals surface area contributed by atoms with Crippen LogP contribution in [0.3, 0.4) is 0 Å². The van der Waals surface area contributed by atoms with Crippen molar-refractivity contribution in [2.45, 2.75) is 31.3 Å². The molecule has 84 valence electrons. The van der Waals surface area contributed by atoms with E-state index < -0.39 is 0 Å². The minimum Gasteiger partial charge on any atom is -0.458 e. The molecule has 0 aromatic heterocycles. The second-order valence-corrected chi connectivity index (χ2v) is 4.70. The molecule has 0 saturated heterocycles. The molecule has 3 rings (SSSR count). The van der Waals surface area contributed by atoms with Crippen molar-refractivity contribution in [1.82, 2.24) is 0 Å². The first-order chi connectivity index (χ1) is 7.77. The maximum atomic E-state index is 5.80. The van der Waals surface area contributed by atoms with Crippen molar-refractivity contribution < 1.29 is 4.74 Å². The van der Waals surface area contributed by atoms with Crippen LogP contribution >= 0.6 is 0 Å². The van der Waals surface area contributed by atoms with Gasteiger partial charge in [0.1, 0.15) is 5.60 Å². The van der Waals surface area contributed by atoms with E-state index in [-0.39, 0.29) is 5.60 Å². The van der Waals surface area contributed by atoms with E-state index in [1.165, 1.54) is 11.1 Å². The highest BCUT2D eigenvalue weighted by Crippen LogP contribution is 2.35. The summed E-state index contributed by atoms with van der Waals surface area (Å²) in [6, 6.07) is 8.97. The molecule has 1 aliphatic carbocycles. The average molecular weight is 216 g/mol. The minimum atomic E-state index is -0.0831. The third kappa shape index (κ3) is 1.56. The number of rotatable bonds is 0. The second kappa shape index (κ2) is 3.51. The maximum Gasteiger partial charge on any atom is 0.282 e. The van der Waals surface area contributed by atoms with Crippen molar-refractivity contribution in [2.75, 3.05) is 6.54 Å². The van der Waals surface area contributed by atoms with Gasteiger partial charge in [-0.2, -0.15) is 0 Å². The summed E-state index contributed by atoms with van der Waals surface area (Å²) >= 11 is 0. The summed E-state index contributed by atoms with van der Waals surface area (Å²) in [5.41, 5.74) is 8.47. The number of nitrogens with zero attached hydrogens (tertiary/aromatic N) is 1. The normalized spacial score (nSPS) is 28.1. The summed E-state index contributed by atoms with van der Waals surface area (Å²) in [7, 11) is 0. The molecule has 1 aliphatic heterocycles. The van der Waals surface area contributed by atoms with E-state index in [9.17, 15) is 0 Å². The van der Waals surface area contributed by atoms with Crippen LogP contribution in [0.5, 0.6) is 0 Å². The Balaban J connectivity index is 1.90. The predicted molar refractivity (Wildman–Crippen MR) is 63.4 cm³/mol. The Morgan fingerprint density at radius 3 is 2.81 bits per heavy atom. The van der Waals surface area contributed by atoms with Crippen LogP contribution in [0.15, 0.2) is 29.3 Å². The van der Waals surface area contributed by atoms with E-state index in [0.29, 0.717) is 6.02 Å². The summed E-state index contributed by atoms with van der Waals surface area (Å²) in [5, 5.41) is 0. The number of nitrogens with two attached hydrogens (primary N) is 1. The second-order valence-electron chi connectivity index (χ2n) is 4.70. The quantitative estimate of drug-likeness (QED) is 0.716. The molecular formula is C13H16N2O. The summed E-state index contributed by atoms with van der Waals surface area (Å²) in [6.07, 6.45) is 4.10.